The first kappa shape index (κ1) is 28.6. The normalized spacial score (nSPS) is 17.5. The van der Waals surface area contributed by atoms with Crippen LogP contribution in [0.3, 0.4) is 0 Å². The largest absolute Gasteiger partial charge is 0.444 e. The summed E-state index contributed by atoms with van der Waals surface area (Å²) >= 11 is 0. The maximum absolute atomic E-state index is 13.1. The molecule has 1 aromatic rings. The number of hydrogen-bond acceptors (Lipinski definition) is 4. The minimum Gasteiger partial charge on any atom is -0.444 e. The first-order valence-electron chi connectivity index (χ1n) is 12.0. The predicted molar refractivity (Wildman–Crippen MR) is 135 cm³/mol. The van der Waals surface area contributed by atoms with Crippen molar-refractivity contribution in [2.45, 2.75) is 105 Å². The number of nitrogens with one attached hydrogen (secondary N) is 1. The van der Waals surface area contributed by atoms with E-state index in [9.17, 15) is 4.79 Å². The van der Waals surface area contributed by atoms with E-state index in [1.807, 2.05) is 31.7 Å². The molecule has 0 aliphatic carbocycles. The van der Waals surface area contributed by atoms with E-state index in [2.05, 4.69) is 58.5 Å². The quantitative estimate of drug-likeness (QED) is 0.201. The summed E-state index contributed by atoms with van der Waals surface area (Å²) in [4.78, 5) is 23.4. The molecule has 1 aliphatic rings. The zero-order valence-electron chi connectivity index (χ0n) is 21.8. The van der Waals surface area contributed by atoms with Gasteiger partial charge in [0.2, 0.25) is 6.08 Å². The molecule has 0 fully saturated rings. The topological polar surface area (TPSA) is 70.5 Å². The van der Waals surface area contributed by atoms with Gasteiger partial charge in [-0.1, -0.05) is 58.0 Å². The fourth-order valence-corrected chi connectivity index (χ4v) is 4.38. The molecule has 0 saturated carbocycles. The highest BCUT2D eigenvalue weighted by Crippen LogP contribution is 2.47. The van der Waals surface area contributed by atoms with Crippen LogP contribution in [-0.2, 0) is 22.5 Å². The minimum atomic E-state index is -0.483. The third-order valence-corrected chi connectivity index (χ3v) is 6.96. The molecule has 1 aliphatic heterocycles. The Bertz CT molecular complexity index is 813. The monoisotopic (exact) mass is 456 g/mol. The first-order valence-corrected chi connectivity index (χ1v) is 12.0. The smallest absolute Gasteiger partial charge is 0.410 e. The fourth-order valence-electron chi connectivity index (χ4n) is 4.38. The maximum Gasteiger partial charge on any atom is 0.410 e. The highest BCUT2D eigenvalue weighted by atomic mass is 16.6. The molecule has 5 heteroatoms. The Morgan fingerprint density at radius 2 is 1.73 bits per heavy atom. The lowest BCUT2D eigenvalue weighted by atomic mass is 9.62. The predicted octanol–water partition coefficient (Wildman–Crippen LogP) is 7.44. The Hall–Kier alpha value is -2.39. The van der Waals surface area contributed by atoms with Crippen LogP contribution in [0.2, 0.25) is 0 Å². The second kappa shape index (κ2) is 12.2. The number of nitrogens with zero attached hydrogens (tertiary/aromatic N) is 1. The van der Waals surface area contributed by atoms with Crippen LogP contribution in [-0.4, -0.2) is 28.7 Å². The lowest BCUT2D eigenvalue weighted by Crippen LogP contribution is -2.47. The molecule has 0 aromatic heterocycles. The van der Waals surface area contributed by atoms with Crippen molar-refractivity contribution in [2.24, 2.45) is 10.8 Å². The molecule has 0 saturated heterocycles. The van der Waals surface area contributed by atoms with Gasteiger partial charge < -0.3 is 9.64 Å². The molecule has 1 N–H and O–H groups in total. The molecule has 2 unspecified atom stereocenters. The van der Waals surface area contributed by atoms with Crippen molar-refractivity contribution in [1.29, 1.82) is 5.41 Å². The summed E-state index contributed by atoms with van der Waals surface area (Å²) in [6, 6.07) is 8.69. The number of ether oxygens (including phenoxy) is 1. The number of allylic oxidation sites excluding steroid dienone is 1. The Labute approximate surface area is 201 Å². The molecule has 0 bridgehead atoms. The van der Waals surface area contributed by atoms with Gasteiger partial charge in [-0.25, -0.2) is 15.0 Å². The van der Waals surface area contributed by atoms with E-state index in [-0.39, 0.29) is 23.0 Å². The SMILES string of the molecule is C=CCCCC(C)(CCC1Cc2ccccc2CN1C(=O)OC(C)(C)C)C(C)(C)C.N=C=O. The number of carbonyl (C=O) groups is 1. The van der Waals surface area contributed by atoms with Gasteiger partial charge in [-0.05, 0) is 81.3 Å². The molecule has 2 rings (SSSR count). The number of rotatable bonds is 7. The van der Waals surface area contributed by atoms with Crippen LogP contribution in [0.5, 0.6) is 0 Å². The number of hydrogen-bond donors (Lipinski definition) is 1. The Morgan fingerprint density at radius 1 is 1.15 bits per heavy atom. The van der Waals surface area contributed by atoms with Crippen LogP contribution in [0.25, 0.3) is 0 Å². The van der Waals surface area contributed by atoms with E-state index >= 15 is 0 Å². The average Bonchev–Trinajstić information content (AvgIpc) is 2.70. The Balaban J connectivity index is 0.00000172. The van der Waals surface area contributed by atoms with E-state index < -0.39 is 5.60 Å². The van der Waals surface area contributed by atoms with E-state index in [1.54, 1.807) is 0 Å². The van der Waals surface area contributed by atoms with Gasteiger partial charge in [0, 0.05) is 12.6 Å². The second-order valence-electron chi connectivity index (χ2n) is 11.4. The molecule has 1 heterocycles. The van der Waals surface area contributed by atoms with Crippen molar-refractivity contribution in [3.8, 4) is 0 Å². The second-order valence-corrected chi connectivity index (χ2v) is 11.4. The van der Waals surface area contributed by atoms with E-state index in [4.69, 9.17) is 14.9 Å². The average molecular weight is 457 g/mol. The molecule has 0 radical (unpaired) electrons. The van der Waals surface area contributed by atoms with Gasteiger partial charge in [-0.2, -0.15) is 0 Å². The summed E-state index contributed by atoms with van der Waals surface area (Å²) in [5.41, 5.74) is 2.54. The first-order chi connectivity index (χ1) is 15.3. The van der Waals surface area contributed by atoms with Crippen molar-refractivity contribution < 1.29 is 14.3 Å². The third kappa shape index (κ3) is 8.81. The number of carbonyl (C=O) groups excluding carboxylic acids is 2. The maximum atomic E-state index is 13.1. The van der Waals surface area contributed by atoms with Gasteiger partial charge in [-0.3, -0.25) is 0 Å². The highest BCUT2D eigenvalue weighted by Gasteiger charge is 2.39. The summed E-state index contributed by atoms with van der Waals surface area (Å²) < 4.78 is 5.78. The summed E-state index contributed by atoms with van der Waals surface area (Å²) in [5.74, 6) is 0. The van der Waals surface area contributed by atoms with Gasteiger partial charge in [-0.15, -0.1) is 6.58 Å². The zero-order chi connectivity index (χ0) is 25.3. The number of unbranched alkanes of at least 4 members (excludes halogenated alkanes) is 1. The molecule has 184 valence electrons. The summed E-state index contributed by atoms with van der Waals surface area (Å²) in [5, 5.41) is 5.40. The third-order valence-electron chi connectivity index (χ3n) is 6.96. The standard InChI is InChI=1S/C27H43NO2.CHNO/c1-9-10-13-17-27(8,25(2,3)4)18-16-23-19-21-14-11-12-15-22(21)20-28(23)24(29)30-26(5,6)7;2-1-3/h9,11-12,14-15,23H,1,10,13,16-20H2,2-8H3;2H. The Kier molecular flexibility index (Phi) is 10.6. The number of fused-ring (bicyclic) bond motifs is 1. The fraction of sp³-hybridized carbons (Fsp3) is 0.643. The van der Waals surface area contributed by atoms with E-state index in [0.29, 0.717) is 6.54 Å². The van der Waals surface area contributed by atoms with Gasteiger partial charge in [0.05, 0.1) is 0 Å². The van der Waals surface area contributed by atoms with Crippen LogP contribution >= 0.6 is 0 Å². The number of isocyanates is 1. The zero-order valence-corrected chi connectivity index (χ0v) is 21.8. The highest BCUT2D eigenvalue weighted by molar-refractivity contribution is 5.69. The van der Waals surface area contributed by atoms with Gasteiger partial charge >= 0.3 is 6.09 Å². The van der Waals surface area contributed by atoms with Crippen molar-refractivity contribution in [2.75, 3.05) is 0 Å². The van der Waals surface area contributed by atoms with Crippen LogP contribution in [0.4, 0.5) is 4.79 Å². The van der Waals surface area contributed by atoms with E-state index in [0.717, 1.165) is 31.8 Å². The molecule has 1 aromatic carbocycles. The molecule has 33 heavy (non-hydrogen) atoms. The van der Waals surface area contributed by atoms with Crippen LogP contribution < -0.4 is 0 Å². The number of benzene rings is 1. The minimum absolute atomic E-state index is 0.177. The molecular formula is C28H44N2O3. The van der Waals surface area contributed by atoms with Crippen molar-refractivity contribution in [1.82, 2.24) is 4.90 Å². The van der Waals surface area contributed by atoms with Crippen LogP contribution in [0.1, 0.15) is 91.7 Å². The van der Waals surface area contributed by atoms with Crippen molar-refractivity contribution in [3.05, 3.63) is 48.0 Å². The van der Waals surface area contributed by atoms with Gasteiger partial charge in [0.1, 0.15) is 5.60 Å². The van der Waals surface area contributed by atoms with Crippen LogP contribution in [0.15, 0.2) is 36.9 Å². The lowest BCUT2D eigenvalue weighted by molar-refractivity contribution is 0.00595. The van der Waals surface area contributed by atoms with E-state index in [1.165, 1.54) is 24.0 Å². The molecule has 0 spiro atoms. The van der Waals surface area contributed by atoms with Gasteiger partial charge in [0.15, 0.2) is 0 Å². The van der Waals surface area contributed by atoms with Gasteiger partial charge in [0.25, 0.3) is 0 Å². The molecular weight excluding hydrogens is 412 g/mol. The lowest BCUT2D eigenvalue weighted by Gasteiger charge is -2.45. The molecule has 1 amide bonds. The summed E-state index contributed by atoms with van der Waals surface area (Å²) in [7, 11) is 0. The van der Waals surface area contributed by atoms with Crippen molar-refractivity contribution in [3.63, 3.8) is 0 Å². The summed E-state index contributed by atoms with van der Waals surface area (Å²) in [6.45, 7) is 19.8. The Morgan fingerprint density at radius 3 is 2.24 bits per heavy atom. The molecule has 5 nitrogen and oxygen atoms in total. The summed E-state index contributed by atoms with van der Waals surface area (Å²) in [6.07, 6.45) is 8.99. The molecule has 2 atom stereocenters. The van der Waals surface area contributed by atoms with Crippen molar-refractivity contribution >= 4 is 12.2 Å². The van der Waals surface area contributed by atoms with Crippen LogP contribution in [0, 0.1) is 16.2 Å². The number of amides is 1.